The van der Waals surface area contributed by atoms with E-state index in [1.54, 1.807) is 47.4 Å². The number of anilines is 1. The van der Waals surface area contributed by atoms with Gasteiger partial charge in [-0.1, -0.05) is 60.2 Å². The number of rotatable bonds is 7. The summed E-state index contributed by atoms with van der Waals surface area (Å²) in [6.07, 6.45) is 0. The lowest BCUT2D eigenvalue weighted by atomic mass is 10.2. The average Bonchev–Trinajstić information content (AvgIpc) is 2.85. The molecule has 8 heteroatoms. The maximum Gasteiger partial charge on any atom is 0.243 e. The van der Waals surface area contributed by atoms with Crippen molar-refractivity contribution in [3.63, 3.8) is 0 Å². The quantitative estimate of drug-likeness (QED) is 0.517. The van der Waals surface area contributed by atoms with E-state index in [0.717, 1.165) is 11.1 Å². The molecule has 0 spiro atoms. The second-order valence-corrected chi connectivity index (χ2v) is 10.3. The van der Waals surface area contributed by atoms with E-state index >= 15 is 0 Å². The molecule has 4 rings (SSSR count). The van der Waals surface area contributed by atoms with Gasteiger partial charge < -0.3 is 9.80 Å². The monoisotopic (exact) mass is 481 g/mol. The predicted octanol–water partition coefficient (Wildman–Crippen LogP) is 3.67. The standard InChI is InChI=1S/C26H28FN3O3S/c1-21-11-13-23(14-12-21)34(32,33)30(19-22-7-3-2-4-8-22)20-26(31)29-17-15-28(16-18-29)25-10-6-5-9-24(25)27/h2-14H,15-20H2,1H3. The molecule has 1 fully saturated rings. The summed E-state index contributed by atoms with van der Waals surface area (Å²) in [6.45, 7) is 3.49. The largest absolute Gasteiger partial charge is 0.366 e. The second kappa shape index (κ2) is 10.4. The fourth-order valence-electron chi connectivity index (χ4n) is 4.03. The van der Waals surface area contributed by atoms with Crippen LogP contribution in [0, 0.1) is 12.7 Å². The summed E-state index contributed by atoms with van der Waals surface area (Å²) in [6, 6.07) is 22.4. The molecule has 1 amide bonds. The van der Waals surface area contributed by atoms with Crippen molar-refractivity contribution in [3.8, 4) is 0 Å². The van der Waals surface area contributed by atoms with Gasteiger partial charge in [0.05, 0.1) is 17.1 Å². The predicted molar refractivity (Wildman–Crippen MR) is 130 cm³/mol. The van der Waals surface area contributed by atoms with Crippen LogP contribution in [0.2, 0.25) is 0 Å². The maximum atomic E-state index is 14.1. The number of hydrogen-bond acceptors (Lipinski definition) is 4. The molecule has 0 radical (unpaired) electrons. The van der Waals surface area contributed by atoms with Gasteiger partial charge in [-0.15, -0.1) is 0 Å². The van der Waals surface area contributed by atoms with Crippen LogP contribution in [0.25, 0.3) is 0 Å². The zero-order valence-corrected chi connectivity index (χ0v) is 19.9. The Bertz CT molecular complexity index is 1230. The highest BCUT2D eigenvalue weighted by Crippen LogP contribution is 2.22. The number of benzene rings is 3. The maximum absolute atomic E-state index is 14.1. The number of sulfonamides is 1. The molecule has 1 aliphatic heterocycles. The fourth-order valence-corrected chi connectivity index (χ4v) is 5.41. The lowest BCUT2D eigenvalue weighted by molar-refractivity contribution is -0.131. The van der Waals surface area contributed by atoms with Crippen molar-refractivity contribution in [2.45, 2.75) is 18.4 Å². The van der Waals surface area contributed by atoms with E-state index in [1.807, 2.05) is 42.2 Å². The van der Waals surface area contributed by atoms with Crippen molar-refractivity contribution in [2.24, 2.45) is 0 Å². The van der Waals surface area contributed by atoms with Crippen LogP contribution in [0.5, 0.6) is 0 Å². The number of aryl methyl sites for hydroxylation is 1. The molecule has 6 nitrogen and oxygen atoms in total. The van der Waals surface area contributed by atoms with E-state index in [1.165, 1.54) is 10.4 Å². The van der Waals surface area contributed by atoms with Crippen LogP contribution in [0.3, 0.4) is 0 Å². The van der Waals surface area contributed by atoms with Crippen LogP contribution in [0.4, 0.5) is 10.1 Å². The molecule has 0 aliphatic carbocycles. The molecule has 1 saturated heterocycles. The number of hydrogen-bond donors (Lipinski definition) is 0. The number of piperazine rings is 1. The van der Waals surface area contributed by atoms with Gasteiger partial charge in [-0.05, 0) is 36.8 Å². The third-order valence-corrected chi connectivity index (χ3v) is 7.80. The van der Waals surface area contributed by atoms with Gasteiger partial charge in [0.2, 0.25) is 15.9 Å². The first-order valence-electron chi connectivity index (χ1n) is 11.2. The van der Waals surface area contributed by atoms with Crippen LogP contribution in [0.1, 0.15) is 11.1 Å². The Morgan fingerprint density at radius 1 is 0.882 bits per heavy atom. The SMILES string of the molecule is Cc1ccc(S(=O)(=O)N(CC(=O)N2CCN(c3ccccc3F)CC2)Cc2ccccc2)cc1. The van der Waals surface area contributed by atoms with Gasteiger partial charge >= 0.3 is 0 Å². The fraction of sp³-hybridized carbons (Fsp3) is 0.269. The van der Waals surface area contributed by atoms with Gasteiger partial charge in [0.15, 0.2) is 0 Å². The van der Waals surface area contributed by atoms with Crippen molar-refractivity contribution in [3.05, 3.63) is 95.8 Å². The Labute approximate surface area is 200 Å². The van der Waals surface area contributed by atoms with Crippen LogP contribution in [-0.4, -0.2) is 56.3 Å². The number of halogens is 1. The minimum atomic E-state index is -3.88. The van der Waals surface area contributed by atoms with Gasteiger partial charge in [-0.2, -0.15) is 4.31 Å². The molecule has 1 heterocycles. The highest BCUT2D eigenvalue weighted by atomic mass is 32.2. The third kappa shape index (κ3) is 5.46. The van der Waals surface area contributed by atoms with Crippen molar-refractivity contribution in [1.29, 1.82) is 0 Å². The molecule has 0 bridgehead atoms. The molecule has 0 atom stereocenters. The molecule has 0 saturated carbocycles. The molecule has 3 aromatic rings. The molecule has 34 heavy (non-hydrogen) atoms. The zero-order valence-electron chi connectivity index (χ0n) is 19.1. The number of amides is 1. The Morgan fingerprint density at radius 3 is 2.15 bits per heavy atom. The molecule has 0 N–H and O–H groups in total. The summed E-state index contributed by atoms with van der Waals surface area (Å²) in [5, 5.41) is 0. The Balaban J connectivity index is 1.49. The smallest absolute Gasteiger partial charge is 0.243 e. The molecule has 0 aromatic heterocycles. The van der Waals surface area contributed by atoms with Gasteiger partial charge in [-0.25, -0.2) is 12.8 Å². The molecule has 0 unspecified atom stereocenters. The number of carbonyl (C=O) groups excluding carboxylic acids is 1. The highest BCUT2D eigenvalue weighted by Gasteiger charge is 2.30. The minimum absolute atomic E-state index is 0.0952. The van der Waals surface area contributed by atoms with E-state index in [9.17, 15) is 17.6 Å². The summed E-state index contributed by atoms with van der Waals surface area (Å²) in [7, 11) is -3.88. The molecule has 1 aliphatic rings. The van der Waals surface area contributed by atoms with E-state index in [-0.39, 0.29) is 29.7 Å². The third-order valence-electron chi connectivity index (χ3n) is 6.00. The highest BCUT2D eigenvalue weighted by molar-refractivity contribution is 7.89. The van der Waals surface area contributed by atoms with Crippen LogP contribution < -0.4 is 4.90 Å². The Kier molecular flexibility index (Phi) is 7.29. The van der Waals surface area contributed by atoms with Crippen LogP contribution in [-0.2, 0) is 21.4 Å². The topological polar surface area (TPSA) is 60.9 Å². The van der Waals surface area contributed by atoms with Crippen molar-refractivity contribution in [2.75, 3.05) is 37.6 Å². The van der Waals surface area contributed by atoms with Gasteiger partial charge in [0.1, 0.15) is 5.82 Å². The van der Waals surface area contributed by atoms with Gasteiger partial charge in [-0.3, -0.25) is 4.79 Å². The minimum Gasteiger partial charge on any atom is -0.366 e. The number of carbonyl (C=O) groups is 1. The summed E-state index contributed by atoms with van der Waals surface area (Å²) in [5.74, 6) is -0.555. The van der Waals surface area contributed by atoms with E-state index in [0.29, 0.717) is 31.9 Å². The Morgan fingerprint density at radius 2 is 1.50 bits per heavy atom. The van der Waals surface area contributed by atoms with Gasteiger partial charge in [0, 0.05) is 32.7 Å². The normalized spacial score (nSPS) is 14.4. The summed E-state index contributed by atoms with van der Waals surface area (Å²) in [5.41, 5.74) is 2.27. The molecular weight excluding hydrogens is 453 g/mol. The van der Waals surface area contributed by atoms with Crippen molar-refractivity contribution < 1.29 is 17.6 Å². The lowest BCUT2D eigenvalue weighted by Gasteiger charge is -2.37. The average molecular weight is 482 g/mol. The zero-order chi connectivity index (χ0) is 24.1. The molecular formula is C26H28FN3O3S. The van der Waals surface area contributed by atoms with Crippen molar-refractivity contribution >= 4 is 21.6 Å². The first-order chi connectivity index (χ1) is 16.3. The van der Waals surface area contributed by atoms with Crippen molar-refractivity contribution in [1.82, 2.24) is 9.21 Å². The summed E-state index contributed by atoms with van der Waals surface area (Å²) in [4.78, 5) is 16.9. The summed E-state index contributed by atoms with van der Waals surface area (Å²) < 4.78 is 42.3. The van der Waals surface area contributed by atoms with Gasteiger partial charge in [0.25, 0.3) is 0 Å². The first kappa shape index (κ1) is 23.9. The van der Waals surface area contributed by atoms with Crippen LogP contribution >= 0.6 is 0 Å². The Hall–Kier alpha value is -3.23. The number of para-hydroxylation sites is 1. The second-order valence-electron chi connectivity index (χ2n) is 8.39. The molecule has 3 aromatic carbocycles. The number of nitrogens with zero attached hydrogens (tertiary/aromatic N) is 3. The summed E-state index contributed by atoms with van der Waals surface area (Å²) >= 11 is 0. The first-order valence-corrected chi connectivity index (χ1v) is 12.7. The molecule has 178 valence electrons. The van der Waals surface area contributed by atoms with E-state index in [2.05, 4.69) is 0 Å². The van der Waals surface area contributed by atoms with Crippen LogP contribution in [0.15, 0.2) is 83.8 Å². The van der Waals surface area contributed by atoms with E-state index in [4.69, 9.17) is 0 Å². The lowest BCUT2D eigenvalue weighted by Crippen LogP contribution is -2.52. The van der Waals surface area contributed by atoms with E-state index < -0.39 is 10.0 Å².